The number of hydrogen-bond acceptors (Lipinski definition) is 4. The minimum atomic E-state index is -0.414. The molecule has 2 N–H and O–H groups in total. The fourth-order valence-corrected chi connectivity index (χ4v) is 2.02. The standard InChI is InChI=1S/C13H26N2O3/c1-11(16)4-5-12(17)14-10-13(2,3)15-6-8-18-9-7-15/h11,16H,4-10H2,1-3H3,(H,14,17). The minimum absolute atomic E-state index is 0.0113. The number of nitrogens with zero attached hydrogens (tertiary/aromatic N) is 1. The van der Waals surface area contributed by atoms with Gasteiger partial charge in [-0.2, -0.15) is 0 Å². The number of nitrogens with one attached hydrogen (secondary N) is 1. The molecule has 0 aromatic rings. The van der Waals surface area contributed by atoms with Gasteiger partial charge in [-0.15, -0.1) is 0 Å². The van der Waals surface area contributed by atoms with Crippen molar-refractivity contribution in [2.24, 2.45) is 0 Å². The van der Waals surface area contributed by atoms with Crippen molar-refractivity contribution in [1.29, 1.82) is 0 Å². The SMILES string of the molecule is CC(O)CCC(=O)NCC(C)(C)N1CCOCC1. The van der Waals surface area contributed by atoms with Gasteiger partial charge in [-0.05, 0) is 27.2 Å². The van der Waals surface area contributed by atoms with Gasteiger partial charge in [0.25, 0.3) is 0 Å². The fourth-order valence-electron chi connectivity index (χ4n) is 2.02. The highest BCUT2D eigenvalue weighted by Crippen LogP contribution is 2.15. The van der Waals surface area contributed by atoms with Crippen molar-refractivity contribution >= 4 is 5.91 Å². The Balaban J connectivity index is 2.29. The highest BCUT2D eigenvalue weighted by Gasteiger charge is 2.28. The molecule has 106 valence electrons. The van der Waals surface area contributed by atoms with Crippen molar-refractivity contribution in [2.45, 2.75) is 45.3 Å². The molecule has 1 amide bonds. The second-order valence-corrected chi connectivity index (χ2v) is 5.58. The van der Waals surface area contributed by atoms with E-state index in [1.54, 1.807) is 6.92 Å². The predicted molar refractivity (Wildman–Crippen MR) is 70.4 cm³/mol. The van der Waals surface area contributed by atoms with E-state index < -0.39 is 6.10 Å². The number of rotatable bonds is 6. The van der Waals surface area contributed by atoms with Crippen molar-refractivity contribution in [3.05, 3.63) is 0 Å². The molecule has 1 rings (SSSR count). The van der Waals surface area contributed by atoms with Crippen molar-refractivity contribution in [1.82, 2.24) is 10.2 Å². The number of aliphatic hydroxyl groups excluding tert-OH is 1. The van der Waals surface area contributed by atoms with Crippen LogP contribution in [-0.4, -0.2) is 60.4 Å². The fraction of sp³-hybridized carbons (Fsp3) is 0.923. The molecule has 1 aliphatic rings. The molecule has 0 saturated carbocycles. The van der Waals surface area contributed by atoms with Crippen LogP contribution in [0.25, 0.3) is 0 Å². The zero-order valence-electron chi connectivity index (χ0n) is 11.7. The summed E-state index contributed by atoms with van der Waals surface area (Å²) in [5, 5.41) is 12.1. The summed E-state index contributed by atoms with van der Waals surface area (Å²) in [6, 6.07) is 0. The van der Waals surface area contributed by atoms with Crippen molar-refractivity contribution in [2.75, 3.05) is 32.8 Å². The lowest BCUT2D eigenvalue weighted by Crippen LogP contribution is -2.55. The molecule has 0 aromatic heterocycles. The second kappa shape index (κ2) is 7.07. The van der Waals surface area contributed by atoms with Gasteiger partial charge in [0.05, 0.1) is 19.3 Å². The van der Waals surface area contributed by atoms with Crippen LogP contribution in [-0.2, 0) is 9.53 Å². The molecule has 0 aromatic carbocycles. The number of ether oxygens (including phenoxy) is 1. The molecule has 0 bridgehead atoms. The Morgan fingerprint density at radius 3 is 2.61 bits per heavy atom. The van der Waals surface area contributed by atoms with E-state index in [0.717, 1.165) is 26.3 Å². The van der Waals surface area contributed by atoms with Gasteiger partial charge in [-0.1, -0.05) is 0 Å². The van der Waals surface area contributed by atoms with Crippen molar-refractivity contribution < 1.29 is 14.6 Å². The van der Waals surface area contributed by atoms with Gasteiger partial charge in [-0.3, -0.25) is 9.69 Å². The van der Waals surface area contributed by atoms with Gasteiger partial charge in [0, 0.05) is 31.6 Å². The monoisotopic (exact) mass is 258 g/mol. The summed E-state index contributed by atoms with van der Waals surface area (Å²) < 4.78 is 5.33. The van der Waals surface area contributed by atoms with Gasteiger partial charge in [-0.25, -0.2) is 0 Å². The highest BCUT2D eigenvalue weighted by molar-refractivity contribution is 5.75. The summed E-state index contributed by atoms with van der Waals surface area (Å²) in [4.78, 5) is 14.0. The third-order valence-electron chi connectivity index (χ3n) is 3.37. The average molecular weight is 258 g/mol. The first-order valence-corrected chi connectivity index (χ1v) is 6.69. The third-order valence-corrected chi connectivity index (χ3v) is 3.37. The molecule has 1 unspecified atom stereocenters. The van der Waals surface area contributed by atoms with Crippen LogP contribution in [0.3, 0.4) is 0 Å². The average Bonchev–Trinajstić information content (AvgIpc) is 2.35. The number of carbonyl (C=O) groups excluding carboxylic acids is 1. The van der Waals surface area contributed by atoms with Crippen LogP contribution in [0.1, 0.15) is 33.6 Å². The Labute approximate surface area is 109 Å². The van der Waals surface area contributed by atoms with Gasteiger partial charge in [0.15, 0.2) is 0 Å². The van der Waals surface area contributed by atoms with Crippen molar-refractivity contribution in [3.8, 4) is 0 Å². The first-order valence-electron chi connectivity index (χ1n) is 6.69. The maximum atomic E-state index is 11.6. The molecule has 1 aliphatic heterocycles. The predicted octanol–water partition coefficient (Wildman–Crippen LogP) is 0.374. The van der Waals surface area contributed by atoms with Crippen molar-refractivity contribution in [3.63, 3.8) is 0 Å². The second-order valence-electron chi connectivity index (χ2n) is 5.58. The number of aliphatic hydroxyl groups is 1. The van der Waals surface area contributed by atoms with Gasteiger partial charge < -0.3 is 15.2 Å². The van der Waals surface area contributed by atoms with Crippen LogP contribution >= 0.6 is 0 Å². The first-order chi connectivity index (χ1) is 8.42. The number of carbonyl (C=O) groups is 1. The van der Waals surface area contributed by atoms with Crippen LogP contribution in [0.5, 0.6) is 0 Å². The Hall–Kier alpha value is -0.650. The largest absolute Gasteiger partial charge is 0.393 e. The van der Waals surface area contributed by atoms with E-state index in [0.29, 0.717) is 19.4 Å². The summed E-state index contributed by atoms with van der Waals surface area (Å²) >= 11 is 0. The topological polar surface area (TPSA) is 61.8 Å². The molecule has 5 nitrogen and oxygen atoms in total. The van der Waals surface area contributed by atoms with Crippen LogP contribution in [0.2, 0.25) is 0 Å². The van der Waals surface area contributed by atoms with E-state index in [4.69, 9.17) is 9.84 Å². The summed E-state index contributed by atoms with van der Waals surface area (Å²) in [5.41, 5.74) is -0.0513. The van der Waals surface area contributed by atoms with E-state index >= 15 is 0 Å². The van der Waals surface area contributed by atoms with Crippen LogP contribution in [0.4, 0.5) is 0 Å². The quantitative estimate of drug-likeness (QED) is 0.723. The van der Waals surface area contributed by atoms with Gasteiger partial charge in [0.2, 0.25) is 5.91 Å². The van der Waals surface area contributed by atoms with E-state index in [-0.39, 0.29) is 11.4 Å². The van der Waals surface area contributed by atoms with Crippen LogP contribution in [0.15, 0.2) is 0 Å². The summed E-state index contributed by atoms with van der Waals surface area (Å²) in [6.45, 7) is 9.95. The molecule has 0 spiro atoms. The molecule has 1 atom stereocenters. The Bertz CT molecular complexity index is 261. The Morgan fingerprint density at radius 1 is 1.44 bits per heavy atom. The van der Waals surface area contributed by atoms with E-state index in [1.807, 2.05) is 0 Å². The summed E-state index contributed by atoms with van der Waals surface area (Å²) in [5.74, 6) is 0.0113. The maximum Gasteiger partial charge on any atom is 0.220 e. The van der Waals surface area contributed by atoms with Crippen LogP contribution < -0.4 is 5.32 Å². The van der Waals surface area contributed by atoms with E-state index in [9.17, 15) is 4.79 Å². The highest BCUT2D eigenvalue weighted by atomic mass is 16.5. The van der Waals surface area contributed by atoms with Gasteiger partial charge >= 0.3 is 0 Å². The Kier molecular flexibility index (Phi) is 6.05. The smallest absolute Gasteiger partial charge is 0.220 e. The normalized spacial score (nSPS) is 19.6. The van der Waals surface area contributed by atoms with E-state index in [1.165, 1.54) is 0 Å². The zero-order valence-corrected chi connectivity index (χ0v) is 11.7. The zero-order chi connectivity index (χ0) is 13.6. The molecule has 1 fully saturated rings. The molecule has 1 saturated heterocycles. The lowest BCUT2D eigenvalue weighted by molar-refractivity contribution is -0.122. The first kappa shape index (κ1) is 15.4. The summed E-state index contributed by atoms with van der Waals surface area (Å²) in [6.07, 6.45) is 0.490. The number of hydrogen-bond donors (Lipinski definition) is 2. The number of morpholine rings is 1. The molecule has 0 aliphatic carbocycles. The molecule has 1 heterocycles. The van der Waals surface area contributed by atoms with E-state index in [2.05, 4.69) is 24.1 Å². The third kappa shape index (κ3) is 5.33. The maximum absolute atomic E-state index is 11.6. The molecule has 5 heteroatoms. The van der Waals surface area contributed by atoms with Crippen LogP contribution in [0, 0.1) is 0 Å². The van der Waals surface area contributed by atoms with Gasteiger partial charge in [0.1, 0.15) is 0 Å². The lowest BCUT2D eigenvalue weighted by Gasteiger charge is -2.40. The molecule has 0 radical (unpaired) electrons. The molecular weight excluding hydrogens is 232 g/mol. The minimum Gasteiger partial charge on any atom is -0.393 e. The molecule has 18 heavy (non-hydrogen) atoms. The molecular formula is C13H26N2O3. The summed E-state index contributed by atoms with van der Waals surface area (Å²) in [7, 11) is 0. The Morgan fingerprint density at radius 2 is 2.06 bits per heavy atom. The number of amides is 1. The lowest BCUT2D eigenvalue weighted by atomic mass is 10.0.